The van der Waals surface area contributed by atoms with Crippen LogP contribution in [0, 0.1) is 5.82 Å². The number of carbonyl (C=O) groups excluding carboxylic acids is 1. The van der Waals surface area contributed by atoms with E-state index in [1.807, 2.05) is 13.8 Å². The zero-order valence-electron chi connectivity index (χ0n) is 11.1. The van der Waals surface area contributed by atoms with Crippen molar-refractivity contribution in [2.45, 2.75) is 13.8 Å². The van der Waals surface area contributed by atoms with E-state index in [1.54, 1.807) is 22.9 Å². The summed E-state index contributed by atoms with van der Waals surface area (Å²) in [4.78, 5) is 15.4. The van der Waals surface area contributed by atoms with Crippen LogP contribution in [0.1, 0.15) is 13.8 Å². The highest BCUT2D eigenvalue weighted by molar-refractivity contribution is 5.83. The van der Waals surface area contributed by atoms with Gasteiger partial charge in [-0.15, -0.1) is 0 Å². The second-order valence-corrected chi connectivity index (χ2v) is 4.13. The fourth-order valence-corrected chi connectivity index (χ4v) is 1.84. The number of halogens is 1. The highest BCUT2D eigenvalue weighted by Crippen LogP contribution is 2.22. The molecule has 5 heteroatoms. The van der Waals surface area contributed by atoms with Crippen molar-refractivity contribution in [1.29, 1.82) is 0 Å². The fourth-order valence-electron chi connectivity index (χ4n) is 1.84. The molecule has 0 aliphatic carbocycles. The molecule has 0 spiro atoms. The Hall–Kier alpha value is -1.78. The van der Waals surface area contributed by atoms with Gasteiger partial charge in [0.05, 0.1) is 17.9 Å². The van der Waals surface area contributed by atoms with Crippen molar-refractivity contribution in [3.63, 3.8) is 0 Å². The molecule has 1 rings (SSSR count). The van der Waals surface area contributed by atoms with Crippen molar-refractivity contribution >= 4 is 17.3 Å². The maximum atomic E-state index is 12.9. The molecule has 1 aromatic rings. The number of anilines is 2. The van der Waals surface area contributed by atoms with E-state index >= 15 is 0 Å². The maximum absolute atomic E-state index is 12.9. The monoisotopic (exact) mass is 253 g/mol. The van der Waals surface area contributed by atoms with E-state index in [0.29, 0.717) is 24.5 Å². The van der Waals surface area contributed by atoms with E-state index in [0.717, 1.165) is 0 Å². The molecule has 0 bridgehead atoms. The van der Waals surface area contributed by atoms with Crippen molar-refractivity contribution in [3.05, 3.63) is 24.0 Å². The lowest BCUT2D eigenvalue weighted by Crippen LogP contribution is -2.39. The van der Waals surface area contributed by atoms with Gasteiger partial charge in [-0.2, -0.15) is 0 Å². The number of hydrogen-bond donors (Lipinski definition) is 1. The van der Waals surface area contributed by atoms with Gasteiger partial charge in [0, 0.05) is 20.1 Å². The number of rotatable bonds is 5. The minimum Gasteiger partial charge on any atom is -0.397 e. The molecule has 1 aromatic carbocycles. The van der Waals surface area contributed by atoms with Crippen molar-refractivity contribution in [1.82, 2.24) is 4.90 Å². The Morgan fingerprint density at radius 2 is 1.94 bits per heavy atom. The Morgan fingerprint density at radius 3 is 2.44 bits per heavy atom. The number of hydrogen-bond acceptors (Lipinski definition) is 3. The van der Waals surface area contributed by atoms with Gasteiger partial charge in [-0.3, -0.25) is 4.79 Å². The molecule has 100 valence electrons. The third-order valence-electron chi connectivity index (χ3n) is 2.89. The van der Waals surface area contributed by atoms with Gasteiger partial charge in [0.2, 0.25) is 5.91 Å². The molecule has 0 fully saturated rings. The van der Waals surface area contributed by atoms with Gasteiger partial charge in [-0.05, 0) is 32.0 Å². The van der Waals surface area contributed by atoms with Gasteiger partial charge in [0.15, 0.2) is 0 Å². The molecule has 2 N–H and O–H groups in total. The van der Waals surface area contributed by atoms with E-state index in [9.17, 15) is 9.18 Å². The molecule has 0 radical (unpaired) electrons. The molecule has 0 aliphatic rings. The first-order chi connectivity index (χ1) is 8.49. The van der Waals surface area contributed by atoms with E-state index in [-0.39, 0.29) is 18.3 Å². The summed E-state index contributed by atoms with van der Waals surface area (Å²) in [6.45, 7) is 5.48. The molecular formula is C13H20FN3O. The minimum absolute atomic E-state index is 0.0335. The second kappa shape index (κ2) is 6.23. The van der Waals surface area contributed by atoms with Crippen LogP contribution in [-0.2, 0) is 4.79 Å². The third-order valence-corrected chi connectivity index (χ3v) is 2.89. The highest BCUT2D eigenvalue weighted by atomic mass is 19.1. The van der Waals surface area contributed by atoms with Gasteiger partial charge in [-0.1, -0.05) is 0 Å². The summed E-state index contributed by atoms with van der Waals surface area (Å²) in [5.41, 5.74) is 6.73. The molecule has 0 atom stereocenters. The minimum atomic E-state index is -0.375. The lowest BCUT2D eigenvalue weighted by Gasteiger charge is -2.25. The summed E-state index contributed by atoms with van der Waals surface area (Å²) in [5, 5.41) is 0. The quantitative estimate of drug-likeness (QED) is 0.813. The van der Waals surface area contributed by atoms with Gasteiger partial charge in [-0.25, -0.2) is 4.39 Å². The summed E-state index contributed by atoms with van der Waals surface area (Å²) >= 11 is 0. The molecule has 0 saturated heterocycles. The molecule has 4 nitrogen and oxygen atoms in total. The SMILES string of the molecule is CCN(CC)C(=O)CN(C)c1ccc(F)cc1N. The Kier molecular flexibility index (Phi) is 4.95. The van der Waals surface area contributed by atoms with Crippen molar-refractivity contribution in [2.24, 2.45) is 0 Å². The van der Waals surface area contributed by atoms with Crippen LogP contribution in [0.5, 0.6) is 0 Å². The Morgan fingerprint density at radius 1 is 1.33 bits per heavy atom. The number of amides is 1. The molecule has 0 heterocycles. The summed E-state index contributed by atoms with van der Waals surface area (Å²) in [5.74, 6) is -0.342. The fraction of sp³-hybridized carbons (Fsp3) is 0.462. The molecule has 18 heavy (non-hydrogen) atoms. The lowest BCUT2D eigenvalue weighted by molar-refractivity contribution is -0.129. The molecule has 0 unspecified atom stereocenters. The van der Waals surface area contributed by atoms with Gasteiger partial charge < -0.3 is 15.5 Å². The number of benzene rings is 1. The van der Waals surface area contributed by atoms with Crippen LogP contribution in [0.15, 0.2) is 18.2 Å². The average Bonchev–Trinajstić information content (AvgIpc) is 2.30. The van der Waals surface area contributed by atoms with Gasteiger partial charge >= 0.3 is 0 Å². The van der Waals surface area contributed by atoms with Crippen LogP contribution in [0.25, 0.3) is 0 Å². The second-order valence-electron chi connectivity index (χ2n) is 4.13. The first-order valence-electron chi connectivity index (χ1n) is 6.03. The number of nitrogens with zero attached hydrogens (tertiary/aromatic N) is 2. The molecule has 0 saturated carbocycles. The largest absolute Gasteiger partial charge is 0.397 e. The smallest absolute Gasteiger partial charge is 0.242 e. The standard InChI is InChI=1S/C13H20FN3O/c1-4-17(5-2)13(18)9-16(3)12-7-6-10(14)8-11(12)15/h6-8H,4-5,9,15H2,1-3H3. The van der Waals surface area contributed by atoms with Crippen LogP contribution >= 0.6 is 0 Å². The zero-order chi connectivity index (χ0) is 13.7. The molecular weight excluding hydrogens is 233 g/mol. The van der Waals surface area contributed by atoms with E-state index < -0.39 is 0 Å². The van der Waals surface area contributed by atoms with Crippen LogP contribution in [0.4, 0.5) is 15.8 Å². The first kappa shape index (κ1) is 14.3. The third kappa shape index (κ3) is 3.35. The van der Waals surface area contributed by atoms with Crippen LogP contribution in [0.2, 0.25) is 0 Å². The van der Waals surface area contributed by atoms with Crippen LogP contribution in [-0.4, -0.2) is 37.5 Å². The molecule has 0 aliphatic heterocycles. The topological polar surface area (TPSA) is 49.6 Å². The summed E-state index contributed by atoms with van der Waals surface area (Å²) in [7, 11) is 1.77. The number of nitrogens with two attached hydrogens (primary N) is 1. The van der Waals surface area contributed by atoms with Crippen LogP contribution < -0.4 is 10.6 Å². The Labute approximate surface area is 107 Å². The predicted molar refractivity (Wildman–Crippen MR) is 72.0 cm³/mol. The molecule has 1 amide bonds. The Bertz CT molecular complexity index is 419. The molecule has 0 aromatic heterocycles. The van der Waals surface area contributed by atoms with E-state index in [1.165, 1.54) is 12.1 Å². The predicted octanol–water partition coefficient (Wildman–Crippen LogP) is 1.71. The number of carbonyl (C=O) groups is 1. The number of nitrogen functional groups attached to an aromatic ring is 1. The Balaban J connectivity index is 2.76. The highest BCUT2D eigenvalue weighted by Gasteiger charge is 2.14. The van der Waals surface area contributed by atoms with Crippen molar-refractivity contribution < 1.29 is 9.18 Å². The van der Waals surface area contributed by atoms with Crippen LogP contribution in [0.3, 0.4) is 0 Å². The summed E-state index contributed by atoms with van der Waals surface area (Å²) in [6, 6.07) is 4.18. The average molecular weight is 253 g/mol. The van der Waals surface area contributed by atoms with Crippen molar-refractivity contribution in [3.8, 4) is 0 Å². The zero-order valence-corrected chi connectivity index (χ0v) is 11.1. The first-order valence-corrected chi connectivity index (χ1v) is 6.03. The number of likely N-dealkylation sites (N-methyl/N-ethyl adjacent to an activating group) is 2. The maximum Gasteiger partial charge on any atom is 0.242 e. The van der Waals surface area contributed by atoms with Crippen molar-refractivity contribution in [2.75, 3.05) is 37.3 Å². The summed E-state index contributed by atoms with van der Waals surface area (Å²) < 4.78 is 12.9. The van der Waals surface area contributed by atoms with Gasteiger partial charge in [0.1, 0.15) is 5.82 Å². The van der Waals surface area contributed by atoms with Gasteiger partial charge in [0.25, 0.3) is 0 Å². The lowest BCUT2D eigenvalue weighted by atomic mass is 10.2. The summed E-state index contributed by atoms with van der Waals surface area (Å²) in [6.07, 6.45) is 0. The van der Waals surface area contributed by atoms with E-state index in [2.05, 4.69) is 0 Å². The normalized spacial score (nSPS) is 10.2. The van der Waals surface area contributed by atoms with E-state index in [4.69, 9.17) is 5.73 Å².